The monoisotopic (exact) mass is 444 g/mol. The van der Waals surface area contributed by atoms with Gasteiger partial charge >= 0.3 is 6.03 Å². The fourth-order valence-electron chi connectivity index (χ4n) is 2.95. The first-order valence-corrected chi connectivity index (χ1v) is 10.7. The molecule has 0 fully saturated rings. The molecule has 3 aromatic rings. The molecule has 0 aliphatic carbocycles. The van der Waals surface area contributed by atoms with Crippen LogP contribution in [0.25, 0.3) is 16.6 Å². The van der Waals surface area contributed by atoms with Crippen LogP contribution in [0.15, 0.2) is 52.4 Å². The average Bonchev–Trinajstić information content (AvgIpc) is 2.71. The van der Waals surface area contributed by atoms with Crippen molar-refractivity contribution in [1.29, 1.82) is 0 Å². The second-order valence-corrected chi connectivity index (χ2v) is 8.18. The van der Waals surface area contributed by atoms with Gasteiger partial charge in [-0.1, -0.05) is 49.3 Å². The predicted molar refractivity (Wildman–Crippen MR) is 120 cm³/mol. The Hall–Kier alpha value is -2.84. The number of halogens is 1. The molecule has 3 N–H and O–H groups in total. The second-order valence-electron chi connectivity index (χ2n) is 6.80. The zero-order chi connectivity index (χ0) is 21.8. The molecule has 30 heavy (non-hydrogen) atoms. The number of amides is 3. The molecule has 3 rings (SSSR count). The maximum Gasteiger partial charge on any atom is 0.318 e. The predicted octanol–water partition coefficient (Wildman–Crippen LogP) is 3.84. The molecule has 0 spiro atoms. The Labute approximate surface area is 182 Å². The van der Waals surface area contributed by atoms with Gasteiger partial charge in [0.1, 0.15) is 0 Å². The third-order valence-electron chi connectivity index (χ3n) is 4.73. The third-order valence-corrected chi connectivity index (χ3v) is 5.90. The number of rotatable bonds is 6. The van der Waals surface area contributed by atoms with E-state index in [1.54, 1.807) is 18.2 Å². The van der Waals surface area contributed by atoms with Crippen LogP contribution in [0.2, 0.25) is 5.02 Å². The highest BCUT2D eigenvalue weighted by Crippen LogP contribution is 2.25. The number of fused-ring (bicyclic) bond motifs is 1. The van der Waals surface area contributed by atoms with E-state index in [1.807, 2.05) is 29.6 Å². The molecule has 156 valence electrons. The number of imide groups is 1. The maximum atomic E-state index is 13.3. The van der Waals surface area contributed by atoms with E-state index in [0.717, 1.165) is 18.2 Å². The lowest BCUT2D eigenvalue weighted by Crippen LogP contribution is -2.36. The first-order valence-electron chi connectivity index (χ1n) is 9.35. The van der Waals surface area contributed by atoms with Crippen LogP contribution in [-0.2, 0) is 4.79 Å². The largest absolute Gasteiger partial charge is 0.351 e. The van der Waals surface area contributed by atoms with E-state index in [4.69, 9.17) is 17.3 Å². The van der Waals surface area contributed by atoms with Crippen LogP contribution in [-0.4, -0.2) is 27.2 Å². The smallest absolute Gasteiger partial charge is 0.318 e. The van der Waals surface area contributed by atoms with Gasteiger partial charge in [-0.15, -0.1) is 0 Å². The number of hydrogen-bond acceptors (Lipinski definition) is 5. The third kappa shape index (κ3) is 4.83. The summed E-state index contributed by atoms with van der Waals surface area (Å²) >= 11 is 7.09. The van der Waals surface area contributed by atoms with Gasteiger partial charge in [-0.3, -0.25) is 19.5 Å². The molecule has 2 aromatic carbocycles. The van der Waals surface area contributed by atoms with Gasteiger partial charge in [0.15, 0.2) is 5.16 Å². The van der Waals surface area contributed by atoms with E-state index in [9.17, 15) is 14.4 Å². The molecule has 1 atom stereocenters. The van der Waals surface area contributed by atoms with E-state index in [0.29, 0.717) is 32.7 Å². The minimum absolute atomic E-state index is 0.133. The molecule has 0 aliphatic heterocycles. The number of benzene rings is 2. The van der Waals surface area contributed by atoms with Gasteiger partial charge in [0.05, 0.1) is 22.3 Å². The molecule has 1 unspecified atom stereocenters. The lowest BCUT2D eigenvalue weighted by Gasteiger charge is -2.15. The van der Waals surface area contributed by atoms with E-state index < -0.39 is 11.9 Å². The van der Waals surface area contributed by atoms with Crippen molar-refractivity contribution in [1.82, 2.24) is 14.9 Å². The van der Waals surface area contributed by atoms with E-state index >= 15 is 0 Å². The van der Waals surface area contributed by atoms with Crippen molar-refractivity contribution in [2.75, 3.05) is 5.75 Å². The van der Waals surface area contributed by atoms with Crippen molar-refractivity contribution in [2.45, 2.75) is 31.3 Å². The summed E-state index contributed by atoms with van der Waals surface area (Å²) in [5.74, 6) is -0.308. The minimum Gasteiger partial charge on any atom is -0.351 e. The number of nitrogens with zero attached hydrogens (tertiary/aromatic N) is 2. The van der Waals surface area contributed by atoms with Crippen molar-refractivity contribution in [3.63, 3.8) is 0 Å². The highest BCUT2D eigenvalue weighted by molar-refractivity contribution is 7.99. The molecule has 0 radical (unpaired) electrons. The van der Waals surface area contributed by atoms with Crippen molar-refractivity contribution < 1.29 is 9.59 Å². The summed E-state index contributed by atoms with van der Waals surface area (Å²) in [5, 5.41) is 3.18. The molecule has 0 saturated heterocycles. The second kappa shape index (κ2) is 9.32. The van der Waals surface area contributed by atoms with E-state index in [1.165, 1.54) is 10.1 Å². The van der Waals surface area contributed by atoms with Crippen molar-refractivity contribution in [3.8, 4) is 5.69 Å². The standard InChI is InChI=1S/C21H21ClN4O3S/c1-3-12(2)13-4-7-15(8-5-13)26-19(28)16-9-6-14(22)10-17(16)24-21(26)30-11-18(27)25-20(23)29/h4-10,12H,3,11H2,1-2H3,(H3,23,25,27,29). The normalized spacial score (nSPS) is 12.0. The molecule has 9 heteroatoms. The summed E-state index contributed by atoms with van der Waals surface area (Å²) in [7, 11) is 0. The van der Waals surface area contributed by atoms with E-state index in [2.05, 4.69) is 18.8 Å². The maximum absolute atomic E-state index is 13.3. The molecule has 0 saturated carbocycles. The molecular formula is C21H21ClN4O3S. The van der Waals surface area contributed by atoms with Crippen LogP contribution in [0.3, 0.4) is 0 Å². The first kappa shape index (κ1) is 21.9. The number of nitrogens with two attached hydrogens (primary N) is 1. The summed E-state index contributed by atoms with van der Waals surface area (Å²) in [6.07, 6.45) is 1.01. The molecule has 0 bridgehead atoms. The van der Waals surface area contributed by atoms with Gasteiger partial charge in [-0.25, -0.2) is 9.78 Å². The van der Waals surface area contributed by atoms with Crippen LogP contribution in [0, 0.1) is 0 Å². The van der Waals surface area contributed by atoms with Crippen molar-refractivity contribution >= 4 is 46.2 Å². The topological polar surface area (TPSA) is 107 Å². The summed E-state index contributed by atoms with van der Waals surface area (Å²) < 4.78 is 1.46. The zero-order valence-electron chi connectivity index (χ0n) is 16.5. The number of primary amides is 1. The minimum atomic E-state index is -0.933. The fraction of sp³-hybridized carbons (Fsp3) is 0.238. The molecular weight excluding hydrogens is 424 g/mol. The SMILES string of the molecule is CCC(C)c1ccc(-n2c(SCC(=O)NC(N)=O)nc3cc(Cl)ccc3c2=O)cc1. The lowest BCUT2D eigenvalue weighted by atomic mass is 9.98. The Bertz CT molecular complexity index is 1160. The van der Waals surface area contributed by atoms with E-state index in [-0.39, 0.29) is 11.3 Å². The van der Waals surface area contributed by atoms with Gasteiger partial charge in [-0.2, -0.15) is 0 Å². The van der Waals surface area contributed by atoms with Crippen LogP contribution in [0.4, 0.5) is 4.79 Å². The molecule has 1 aromatic heterocycles. The van der Waals surface area contributed by atoms with Crippen LogP contribution >= 0.6 is 23.4 Å². The molecule has 3 amide bonds. The Balaban J connectivity index is 2.09. The average molecular weight is 445 g/mol. The fourth-order valence-corrected chi connectivity index (χ4v) is 3.93. The number of hydrogen-bond donors (Lipinski definition) is 2. The Morgan fingerprint density at radius 2 is 1.93 bits per heavy atom. The number of carbonyl (C=O) groups excluding carboxylic acids is 2. The Morgan fingerprint density at radius 3 is 2.57 bits per heavy atom. The van der Waals surface area contributed by atoms with Crippen LogP contribution < -0.4 is 16.6 Å². The van der Waals surface area contributed by atoms with Gasteiger partial charge in [0, 0.05) is 5.02 Å². The first-order chi connectivity index (χ1) is 14.3. The summed E-state index contributed by atoms with van der Waals surface area (Å²) in [6, 6.07) is 11.6. The molecule has 1 heterocycles. The van der Waals surface area contributed by atoms with Gasteiger partial charge in [0.25, 0.3) is 5.56 Å². The highest BCUT2D eigenvalue weighted by atomic mass is 35.5. The van der Waals surface area contributed by atoms with Gasteiger partial charge < -0.3 is 5.73 Å². The van der Waals surface area contributed by atoms with Crippen molar-refractivity contribution in [3.05, 3.63) is 63.4 Å². The number of nitrogens with one attached hydrogen (secondary N) is 1. The number of carbonyl (C=O) groups is 2. The summed E-state index contributed by atoms with van der Waals surface area (Å²) in [4.78, 5) is 40.5. The highest BCUT2D eigenvalue weighted by Gasteiger charge is 2.16. The number of urea groups is 1. The number of aromatic nitrogens is 2. The molecule has 7 nitrogen and oxygen atoms in total. The molecule has 0 aliphatic rings. The van der Waals surface area contributed by atoms with Crippen LogP contribution in [0.5, 0.6) is 0 Å². The van der Waals surface area contributed by atoms with Gasteiger partial charge in [0.2, 0.25) is 5.91 Å². The zero-order valence-corrected chi connectivity index (χ0v) is 18.1. The summed E-state index contributed by atoms with van der Waals surface area (Å²) in [5.41, 5.74) is 6.94. The van der Waals surface area contributed by atoms with Crippen LogP contribution in [0.1, 0.15) is 31.7 Å². The van der Waals surface area contributed by atoms with Gasteiger partial charge in [-0.05, 0) is 48.2 Å². The Kier molecular flexibility index (Phi) is 6.79. The lowest BCUT2D eigenvalue weighted by molar-refractivity contribution is -0.117. The number of thioether (sulfide) groups is 1. The quantitative estimate of drug-likeness (QED) is 0.443. The Morgan fingerprint density at radius 1 is 1.23 bits per heavy atom. The summed E-state index contributed by atoms with van der Waals surface area (Å²) in [6.45, 7) is 4.26. The van der Waals surface area contributed by atoms with Crippen molar-refractivity contribution in [2.24, 2.45) is 5.73 Å².